The minimum absolute atomic E-state index is 0. The SMILES string of the molecule is CCc1cc(CC)c(NCCCNCCCNc2c(CC)cc(CC)cc2CC)c(CC)c1.[Br-].[Br-].[Co+2]. The van der Waals surface area contributed by atoms with Gasteiger partial charge < -0.3 is 49.9 Å². The summed E-state index contributed by atoms with van der Waals surface area (Å²) in [5.41, 5.74) is 11.6. The number of halogens is 2. The smallest absolute Gasteiger partial charge is 1.00 e. The average Bonchev–Trinajstić information content (AvgIpc) is 2.86. The van der Waals surface area contributed by atoms with Crippen molar-refractivity contribution in [1.29, 1.82) is 0 Å². The largest absolute Gasteiger partial charge is 2.00 e. The van der Waals surface area contributed by atoms with E-state index in [2.05, 4.69) is 81.8 Å². The number of nitrogens with one attached hydrogen (secondary N) is 3. The summed E-state index contributed by atoms with van der Waals surface area (Å²) in [6.07, 6.45) is 8.89. The summed E-state index contributed by atoms with van der Waals surface area (Å²) in [7, 11) is 0. The van der Waals surface area contributed by atoms with Crippen LogP contribution in [0, 0.1) is 0 Å². The minimum Gasteiger partial charge on any atom is -1.00 e. The van der Waals surface area contributed by atoms with Crippen LogP contribution in [-0.2, 0) is 55.3 Å². The number of aryl methyl sites for hydroxylation is 6. The molecule has 3 nitrogen and oxygen atoms in total. The molecular formula is C30H49Br2CoN3. The van der Waals surface area contributed by atoms with Gasteiger partial charge in [0.1, 0.15) is 0 Å². The van der Waals surface area contributed by atoms with Crippen molar-refractivity contribution in [2.45, 2.75) is 92.9 Å². The van der Waals surface area contributed by atoms with E-state index in [4.69, 9.17) is 0 Å². The second-order valence-electron chi connectivity index (χ2n) is 9.01. The predicted molar refractivity (Wildman–Crippen MR) is 148 cm³/mol. The van der Waals surface area contributed by atoms with Gasteiger partial charge in [-0.3, -0.25) is 0 Å². The average molecular weight is 670 g/mol. The number of hydrogen-bond donors (Lipinski definition) is 3. The summed E-state index contributed by atoms with van der Waals surface area (Å²) < 4.78 is 0. The third kappa shape index (κ3) is 11.5. The fourth-order valence-corrected chi connectivity index (χ4v) is 4.64. The molecule has 0 aromatic heterocycles. The summed E-state index contributed by atoms with van der Waals surface area (Å²) in [4.78, 5) is 0. The second-order valence-corrected chi connectivity index (χ2v) is 9.01. The van der Waals surface area contributed by atoms with Crippen molar-refractivity contribution in [2.24, 2.45) is 0 Å². The Morgan fingerprint density at radius 1 is 0.472 bits per heavy atom. The molecule has 0 saturated carbocycles. The quantitative estimate of drug-likeness (QED) is 0.233. The van der Waals surface area contributed by atoms with Crippen molar-refractivity contribution in [2.75, 3.05) is 36.8 Å². The summed E-state index contributed by atoms with van der Waals surface area (Å²) in [5, 5.41) is 11.1. The van der Waals surface area contributed by atoms with Crippen molar-refractivity contribution in [3.8, 4) is 0 Å². The monoisotopic (exact) mass is 668 g/mol. The zero-order chi connectivity index (χ0) is 24.1. The van der Waals surface area contributed by atoms with Crippen LogP contribution >= 0.6 is 0 Å². The second kappa shape index (κ2) is 21.4. The van der Waals surface area contributed by atoms with Gasteiger partial charge in [-0.1, -0.05) is 65.8 Å². The van der Waals surface area contributed by atoms with Crippen molar-refractivity contribution < 1.29 is 50.7 Å². The third-order valence-electron chi connectivity index (χ3n) is 6.73. The van der Waals surface area contributed by atoms with Gasteiger partial charge in [0.2, 0.25) is 0 Å². The van der Waals surface area contributed by atoms with Crippen LogP contribution in [0.15, 0.2) is 24.3 Å². The molecular weight excluding hydrogens is 621 g/mol. The van der Waals surface area contributed by atoms with Crippen molar-refractivity contribution >= 4 is 11.4 Å². The first kappa shape index (κ1) is 37.6. The van der Waals surface area contributed by atoms with Crippen LogP contribution in [-0.4, -0.2) is 26.2 Å². The fraction of sp³-hybridized carbons (Fsp3) is 0.600. The van der Waals surface area contributed by atoms with Crippen molar-refractivity contribution in [1.82, 2.24) is 5.32 Å². The van der Waals surface area contributed by atoms with E-state index < -0.39 is 0 Å². The molecule has 0 atom stereocenters. The van der Waals surface area contributed by atoms with E-state index >= 15 is 0 Å². The van der Waals surface area contributed by atoms with Crippen LogP contribution in [0.25, 0.3) is 0 Å². The summed E-state index contributed by atoms with van der Waals surface area (Å²) in [5.74, 6) is 0. The maximum absolute atomic E-state index is 3.74. The van der Waals surface area contributed by atoms with Gasteiger partial charge in [-0.2, -0.15) is 0 Å². The van der Waals surface area contributed by atoms with Gasteiger partial charge >= 0.3 is 16.8 Å². The molecule has 0 bridgehead atoms. The first-order valence-electron chi connectivity index (χ1n) is 13.6. The van der Waals surface area contributed by atoms with E-state index in [1.165, 1.54) is 44.8 Å². The Morgan fingerprint density at radius 2 is 0.778 bits per heavy atom. The maximum Gasteiger partial charge on any atom is 2.00 e. The molecule has 2 rings (SSSR count). The Balaban J connectivity index is 0. The van der Waals surface area contributed by atoms with Gasteiger partial charge in [0.05, 0.1) is 0 Å². The summed E-state index contributed by atoms with van der Waals surface area (Å²) in [6, 6.07) is 9.54. The molecule has 0 fully saturated rings. The van der Waals surface area contributed by atoms with Gasteiger partial charge in [-0.15, -0.1) is 0 Å². The molecule has 0 unspecified atom stereocenters. The van der Waals surface area contributed by atoms with Crippen molar-refractivity contribution in [3.05, 3.63) is 57.6 Å². The topological polar surface area (TPSA) is 36.1 Å². The Bertz CT molecular complexity index is 739. The molecule has 2 aromatic carbocycles. The Labute approximate surface area is 253 Å². The van der Waals surface area contributed by atoms with Gasteiger partial charge in [0, 0.05) is 24.5 Å². The van der Waals surface area contributed by atoms with Crippen LogP contribution < -0.4 is 49.9 Å². The van der Waals surface area contributed by atoms with E-state index in [1.807, 2.05) is 0 Å². The number of anilines is 2. The van der Waals surface area contributed by atoms with E-state index in [0.29, 0.717) is 0 Å². The molecule has 0 aliphatic rings. The van der Waals surface area contributed by atoms with Crippen LogP contribution in [0.5, 0.6) is 0 Å². The van der Waals surface area contributed by atoms with Crippen LogP contribution in [0.3, 0.4) is 0 Å². The molecule has 1 radical (unpaired) electrons. The zero-order valence-corrected chi connectivity index (χ0v) is 27.6. The molecule has 0 heterocycles. The van der Waals surface area contributed by atoms with Crippen molar-refractivity contribution in [3.63, 3.8) is 0 Å². The van der Waals surface area contributed by atoms with Gasteiger partial charge in [0.15, 0.2) is 0 Å². The normalized spacial score (nSPS) is 10.2. The number of hydrogen-bond acceptors (Lipinski definition) is 3. The Morgan fingerprint density at radius 3 is 1.03 bits per heavy atom. The van der Waals surface area contributed by atoms with E-state index in [0.717, 1.165) is 77.5 Å². The first-order chi connectivity index (χ1) is 16.1. The minimum atomic E-state index is 0. The first-order valence-corrected chi connectivity index (χ1v) is 13.6. The third-order valence-corrected chi connectivity index (χ3v) is 6.73. The summed E-state index contributed by atoms with van der Waals surface area (Å²) in [6.45, 7) is 17.7. The molecule has 2 aromatic rings. The fourth-order valence-electron chi connectivity index (χ4n) is 4.64. The molecule has 0 spiro atoms. The number of rotatable bonds is 16. The summed E-state index contributed by atoms with van der Waals surface area (Å²) >= 11 is 0. The van der Waals surface area contributed by atoms with E-state index in [-0.39, 0.29) is 50.7 Å². The zero-order valence-electron chi connectivity index (χ0n) is 23.4. The molecule has 207 valence electrons. The molecule has 6 heteroatoms. The van der Waals surface area contributed by atoms with Gasteiger partial charge in [-0.25, -0.2) is 0 Å². The van der Waals surface area contributed by atoms with Crippen LogP contribution in [0.1, 0.15) is 87.8 Å². The molecule has 0 aliphatic heterocycles. The molecule has 36 heavy (non-hydrogen) atoms. The predicted octanol–water partition coefficient (Wildman–Crippen LogP) is 0.960. The molecule has 0 saturated heterocycles. The Kier molecular flexibility index (Phi) is 22.4. The van der Waals surface area contributed by atoms with Crippen LogP contribution in [0.2, 0.25) is 0 Å². The molecule has 3 N–H and O–H groups in total. The molecule has 0 aliphatic carbocycles. The standard InChI is InChI=1S/C30H49N3.2BrH.Co/c1-7-23-19-25(9-3)29(26(10-4)20-23)32-17-13-15-31-16-14-18-33-30-27(11-5)21-24(8-2)22-28(30)12-6;;;/h19-22,31-33H,7-18H2,1-6H3;2*1H;/q;;;+2/p-2. The van der Waals surface area contributed by atoms with E-state index in [1.54, 1.807) is 0 Å². The molecule has 0 amide bonds. The van der Waals surface area contributed by atoms with E-state index in [9.17, 15) is 0 Å². The number of benzene rings is 2. The van der Waals surface area contributed by atoms with Gasteiger partial charge in [0.25, 0.3) is 0 Å². The van der Waals surface area contributed by atoms with Crippen LogP contribution in [0.4, 0.5) is 11.4 Å². The Hall–Kier alpha value is -0.534. The maximum atomic E-state index is 3.74. The van der Waals surface area contributed by atoms with Gasteiger partial charge in [-0.05, 0) is 97.8 Å².